The number of aryl methyl sites for hydroxylation is 2. The molecule has 0 aliphatic heterocycles. The molecule has 1 aromatic heterocycles. The molecule has 5 aromatic rings. The first-order chi connectivity index (χ1) is 21.9. The fourth-order valence-electron chi connectivity index (χ4n) is 5.64. The molecular formula is C38H40N4O4. The van der Waals surface area contributed by atoms with Crippen LogP contribution in [0.25, 0.3) is 10.8 Å². The number of benzene rings is 4. The van der Waals surface area contributed by atoms with E-state index in [9.17, 15) is 9.59 Å². The average molecular weight is 617 g/mol. The number of amides is 3. The highest BCUT2D eigenvalue weighted by Gasteiger charge is 2.22. The van der Waals surface area contributed by atoms with Crippen molar-refractivity contribution in [3.8, 4) is 17.2 Å². The smallest absolute Gasteiger partial charge is 0.323 e. The number of carbonyl (C=O) groups is 2. The van der Waals surface area contributed by atoms with Crippen molar-refractivity contribution in [2.75, 3.05) is 17.7 Å². The van der Waals surface area contributed by atoms with E-state index in [1.807, 2.05) is 60.7 Å². The quantitative estimate of drug-likeness (QED) is 0.154. The minimum Gasteiger partial charge on any atom is -0.494 e. The molecule has 0 saturated heterocycles. The van der Waals surface area contributed by atoms with Gasteiger partial charge in [-0.15, -0.1) is 0 Å². The summed E-state index contributed by atoms with van der Waals surface area (Å²) in [5, 5.41) is 7.55. The molecule has 8 heteroatoms. The summed E-state index contributed by atoms with van der Waals surface area (Å²) in [6.07, 6.45) is 2.44. The number of nitrogens with one attached hydrogen (secondary N) is 2. The van der Waals surface area contributed by atoms with Crippen molar-refractivity contribution in [3.63, 3.8) is 0 Å². The van der Waals surface area contributed by atoms with E-state index in [4.69, 9.17) is 15.2 Å². The molecule has 0 aliphatic rings. The van der Waals surface area contributed by atoms with Gasteiger partial charge in [0.25, 0.3) is 0 Å². The van der Waals surface area contributed by atoms with E-state index < -0.39 is 11.9 Å². The SMILES string of the molecule is COc1c(CC(N)=O)cc(C(C)(C)C)cc1NC(=O)Nc1ccc(Oc2ccnc(Cc3cc(C)cc(C)c3)c2)c2ccccc12. The lowest BCUT2D eigenvalue weighted by Gasteiger charge is -2.23. The lowest BCUT2D eigenvalue weighted by atomic mass is 9.85. The van der Waals surface area contributed by atoms with Gasteiger partial charge >= 0.3 is 6.03 Å². The number of hydrogen-bond acceptors (Lipinski definition) is 5. The zero-order valence-corrected chi connectivity index (χ0v) is 27.2. The van der Waals surface area contributed by atoms with Gasteiger partial charge in [0.2, 0.25) is 5.91 Å². The number of aromatic nitrogens is 1. The van der Waals surface area contributed by atoms with Gasteiger partial charge < -0.3 is 25.8 Å². The normalized spacial score (nSPS) is 11.3. The van der Waals surface area contributed by atoms with E-state index in [-0.39, 0.29) is 11.8 Å². The molecule has 4 aromatic carbocycles. The van der Waals surface area contributed by atoms with E-state index in [0.29, 0.717) is 40.6 Å². The van der Waals surface area contributed by atoms with E-state index in [1.165, 1.54) is 23.8 Å². The number of ether oxygens (including phenoxy) is 2. The fourth-order valence-corrected chi connectivity index (χ4v) is 5.64. The van der Waals surface area contributed by atoms with Gasteiger partial charge in [0.05, 0.1) is 24.9 Å². The maximum atomic E-state index is 13.4. The molecule has 0 spiro atoms. The molecule has 0 atom stereocenters. The Labute approximate surface area is 270 Å². The van der Waals surface area contributed by atoms with Gasteiger partial charge in [-0.2, -0.15) is 0 Å². The third kappa shape index (κ3) is 7.64. The number of primary amides is 1. The monoisotopic (exact) mass is 616 g/mol. The predicted octanol–water partition coefficient (Wildman–Crippen LogP) is 8.21. The summed E-state index contributed by atoms with van der Waals surface area (Å²) in [6, 6.07) is 25.0. The Hall–Kier alpha value is -5.37. The van der Waals surface area contributed by atoms with Gasteiger partial charge in [0.15, 0.2) is 0 Å². The van der Waals surface area contributed by atoms with Crippen molar-refractivity contribution in [3.05, 3.63) is 119 Å². The Morgan fingerprint density at radius 1 is 0.848 bits per heavy atom. The second-order valence-corrected chi connectivity index (χ2v) is 12.6. The number of pyridine rings is 1. The maximum absolute atomic E-state index is 13.4. The Bertz CT molecular complexity index is 1910. The first-order valence-corrected chi connectivity index (χ1v) is 15.2. The molecule has 0 radical (unpaired) electrons. The molecule has 8 nitrogen and oxygen atoms in total. The van der Waals surface area contributed by atoms with Gasteiger partial charge in [-0.1, -0.05) is 80.4 Å². The number of urea groups is 1. The Morgan fingerprint density at radius 3 is 2.22 bits per heavy atom. The molecule has 1 heterocycles. The van der Waals surface area contributed by atoms with Gasteiger partial charge in [0.1, 0.15) is 17.2 Å². The first kappa shape index (κ1) is 32.0. The van der Waals surface area contributed by atoms with Crippen molar-refractivity contribution in [1.82, 2.24) is 4.98 Å². The average Bonchev–Trinajstić information content (AvgIpc) is 2.97. The van der Waals surface area contributed by atoms with Crippen LogP contribution in [0, 0.1) is 13.8 Å². The van der Waals surface area contributed by atoms with Crippen LogP contribution in [-0.4, -0.2) is 24.0 Å². The maximum Gasteiger partial charge on any atom is 0.323 e. The minimum absolute atomic E-state index is 0.0138. The molecule has 236 valence electrons. The standard InChI is InChI=1S/C38H40N4O4/c1-23-15-24(2)17-25(16-23)18-28-22-29(13-14-40-28)46-34-12-11-32(30-9-7-8-10-31(30)34)41-37(44)42-33-21-27(38(3,4)5)19-26(20-35(39)43)36(33)45-6/h7-17,19,21-22H,18,20H2,1-6H3,(H2,39,43)(H2,41,42,44). The van der Waals surface area contributed by atoms with E-state index >= 15 is 0 Å². The van der Waals surface area contributed by atoms with Crippen LogP contribution in [-0.2, 0) is 23.1 Å². The van der Waals surface area contributed by atoms with Crippen LogP contribution < -0.4 is 25.8 Å². The zero-order valence-electron chi connectivity index (χ0n) is 27.2. The summed E-state index contributed by atoms with van der Waals surface area (Å²) >= 11 is 0. The third-order valence-corrected chi connectivity index (χ3v) is 7.66. The highest BCUT2D eigenvalue weighted by atomic mass is 16.5. The summed E-state index contributed by atoms with van der Waals surface area (Å²) in [5.41, 5.74) is 12.4. The topological polar surface area (TPSA) is 116 Å². The van der Waals surface area contributed by atoms with Crippen molar-refractivity contribution in [1.29, 1.82) is 0 Å². The molecule has 0 unspecified atom stereocenters. The van der Waals surface area contributed by atoms with Crippen LogP contribution in [0.2, 0.25) is 0 Å². The van der Waals surface area contributed by atoms with Crippen LogP contribution in [0.15, 0.2) is 85.1 Å². The number of nitrogens with zero attached hydrogens (tertiary/aromatic N) is 1. The van der Waals surface area contributed by atoms with E-state index in [1.54, 1.807) is 6.20 Å². The van der Waals surface area contributed by atoms with Gasteiger partial charge in [0, 0.05) is 40.7 Å². The molecule has 4 N–H and O–H groups in total. The van der Waals surface area contributed by atoms with E-state index in [0.717, 1.165) is 22.0 Å². The Morgan fingerprint density at radius 2 is 1.54 bits per heavy atom. The second-order valence-electron chi connectivity index (χ2n) is 12.6. The van der Waals surface area contributed by atoms with Gasteiger partial charge in [-0.3, -0.25) is 9.78 Å². The molecule has 0 fully saturated rings. The van der Waals surface area contributed by atoms with Crippen molar-refractivity contribution >= 4 is 34.1 Å². The number of fused-ring (bicyclic) bond motifs is 1. The lowest BCUT2D eigenvalue weighted by molar-refractivity contribution is -0.117. The van der Waals surface area contributed by atoms with Gasteiger partial charge in [-0.25, -0.2) is 4.79 Å². The fraction of sp³-hybridized carbons (Fsp3) is 0.237. The number of methoxy groups -OCH3 is 1. The molecular weight excluding hydrogens is 576 g/mol. The molecule has 0 bridgehead atoms. The molecule has 0 aliphatic carbocycles. The molecule has 46 heavy (non-hydrogen) atoms. The summed E-state index contributed by atoms with van der Waals surface area (Å²) in [4.78, 5) is 29.8. The van der Waals surface area contributed by atoms with Crippen LogP contribution >= 0.6 is 0 Å². The second kappa shape index (κ2) is 13.3. The highest BCUT2D eigenvalue weighted by molar-refractivity contribution is 6.08. The van der Waals surface area contributed by atoms with Crippen molar-refractivity contribution in [2.24, 2.45) is 5.73 Å². The van der Waals surface area contributed by atoms with Crippen molar-refractivity contribution in [2.45, 2.75) is 52.9 Å². The van der Waals surface area contributed by atoms with Gasteiger partial charge in [-0.05, 0) is 54.7 Å². The highest BCUT2D eigenvalue weighted by Crippen LogP contribution is 2.37. The Balaban J connectivity index is 1.39. The number of rotatable bonds is 9. The summed E-state index contributed by atoms with van der Waals surface area (Å²) in [5.74, 6) is 1.24. The number of nitrogens with two attached hydrogens (primary N) is 1. The largest absolute Gasteiger partial charge is 0.494 e. The number of anilines is 2. The Kier molecular flexibility index (Phi) is 9.28. The van der Waals surface area contributed by atoms with Crippen LogP contribution in [0.5, 0.6) is 17.2 Å². The summed E-state index contributed by atoms with van der Waals surface area (Å²) in [7, 11) is 1.50. The zero-order chi connectivity index (χ0) is 33.0. The number of carbonyl (C=O) groups excluding carboxylic acids is 2. The summed E-state index contributed by atoms with van der Waals surface area (Å²) in [6.45, 7) is 10.4. The van der Waals surface area contributed by atoms with Crippen LogP contribution in [0.1, 0.15) is 54.3 Å². The van der Waals surface area contributed by atoms with Crippen molar-refractivity contribution < 1.29 is 19.1 Å². The number of hydrogen-bond donors (Lipinski definition) is 3. The molecule has 3 amide bonds. The molecule has 0 saturated carbocycles. The summed E-state index contributed by atoms with van der Waals surface area (Å²) < 4.78 is 12.0. The van der Waals surface area contributed by atoms with Crippen LogP contribution in [0.4, 0.5) is 16.2 Å². The minimum atomic E-state index is -0.488. The first-order valence-electron chi connectivity index (χ1n) is 15.2. The lowest BCUT2D eigenvalue weighted by Crippen LogP contribution is -2.22. The predicted molar refractivity (Wildman–Crippen MR) is 184 cm³/mol. The van der Waals surface area contributed by atoms with Crippen LogP contribution in [0.3, 0.4) is 0 Å². The third-order valence-electron chi connectivity index (χ3n) is 7.66. The molecule has 5 rings (SSSR count). The van der Waals surface area contributed by atoms with E-state index in [2.05, 4.69) is 68.4 Å².